The lowest BCUT2D eigenvalue weighted by atomic mass is 10.1. The Kier molecular flexibility index (Phi) is 3.84. The highest BCUT2D eigenvalue weighted by Crippen LogP contribution is 2.25. The van der Waals surface area contributed by atoms with Crippen molar-refractivity contribution < 1.29 is 9.13 Å². The molecule has 1 unspecified atom stereocenters. The fraction of sp³-hybridized carbons (Fsp3) is 0.538. The van der Waals surface area contributed by atoms with Gasteiger partial charge >= 0.3 is 0 Å². The smallest absolute Gasteiger partial charge is 0.146 e. The zero-order chi connectivity index (χ0) is 12.3. The fourth-order valence-electron chi connectivity index (χ4n) is 2.18. The summed E-state index contributed by atoms with van der Waals surface area (Å²) >= 11 is 0. The van der Waals surface area contributed by atoms with E-state index in [1.54, 1.807) is 19.2 Å². The third-order valence-electron chi connectivity index (χ3n) is 3.24. The predicted molar refractivity (Wildman–Crippen MR) is 67.2 cm³/mol. The van der Waals surface area contributed by atoms with Crippen molar-refractivity contribution in [2.24, 2.45) is 0 Å². The van der Waals surface area contributed by atoms with E-state index < -0.39 is 0 Å². The van der Waals surface area contributed by atoms with Gasteiger partial charge in [0.2, 0.25) is 0 Å². The molecular weight excluding hydrogens is 219 g/mol. The summed E-state index contributed by atoms with van der Waals surface area (Å²) in [4.78, 5) is 2.09. The third kappa shape index (κ3) is 2.69. The minimum atomic E-state index is -0.178. The van der Waals surface area contributed by atoms with Crippen LogP contribution in [0, 0.1) is 5.82 Å². The number of hydrogen-bond acceptors (Lipinski definition) is 3. The Hall–Kier alpha value is -1.29. The number of anilines is 1. The molecule has 2 rings (SSSR count). The van der Waals surface area contributed by atoms with Gasteiger partial charge in [0, 0.05) is 31.7 Å². The Morgan fingerprint density at radius 2 is 2.35 bits per heavy atom. The van der Waals surface area contributed by atoms with E-state index in [4.69, 9.17) is 4.74 Å². The second kappa shape index (κ2) is 5.36. The van der Waals surface area contributed by atoms with Crippen molar-refractivity contribution in [1.29, 1.82) is 0 Å². The molecule has 0 aliphatic carbocycles. The van der Waals surface area contributed by atoms with E-state index in [2.05, 4.69) is 17.1 Å². The van der Waals surface area contributed by atoms with Gasteiger partial charge in [0.15, 0.2) is 0 Å². The van der Waals surface area contributed by atoms with Gasteiger partial charge in [-0.05, 0) is 18.6 Å². The van der Waals surface area contributed by atoms with Gasteiger partial charge in [-0.25, -0.2) is 4.39 Å². The number of methoxy groups -OCH3 is 1. The van der Waals surface area contributed by atoms with Crippen molar-refractivity contribution in [2.75, 3.05) is 31.6 Å². The highest BCUT2D eigenvalue weighted by atomic mass is 19.1. The Labute approximate surface area is 102 Å². The third-order valence-corrected chi connectivity index (χ3v) is 3.24. The molecule has 1 fully saturated rings. The summed E-state index contributed by atoms with van der Waals surface area (Å²) < 4.78 is 18.9. The van der Waals surface area contributed by atoms with Crippen LogP contribution in [0.25, 0.3) is 0 Å². The highest BCUT2D eigenvalue weighted by Gasteiger charge is 2.20. The van der Waals surface area contributed by atoms with E-state index in [1.807, 2.05) is 0 Å². The fourth-order valence-corrected chi connectivity index (χ4v) is 2.18. The SMILES string of the molecule is CCC1CN(c2cc(OC)ccc2F)CCN1. The van der Waals surface area contributed by atoms with E-state index in [-0.39, 0.29) is 5.82 Å². The molecule has 1 aliphatic rings. The Bertz CT molecular complexity index is 384. The summed E-state index contributed by atoms with van der Waals surface area (Å²) in [6.07, 6.45) is 1.06. The maximum atomic E-state index is 13.8. The van der Waals surface area contributed by atoms with Crippen molar-refractivity contribution >= 4 is 5.69 Å². The summed E-state index contributed by atoms with van der Waals surface area (Å²) in [6.45, 7) is 4.72. The van der Waals surface area contributed by atoms with Crippen LogP contribution in [0.15, 0.2) is 18.2 Å². The summed E-state index contributed by atoms with van der Waals surface area (Å²) in [5.74, 6) is 0.524. The zero-order valence-corrected chi connectivity index (χ0v) is 10.4. The lowest BCUT2D eigenvalue weighted by Gasteiger charge is -2.35. The molecular formula is C13H19FN2O. The minimum Gasteiger partial charge on any atom is -0.497 e. The topological polar surface area (TPSA) is 24.5 Å². The average molecular weight is 238 g/mol. The first-order valence-electron chi connectivity index (χ1n) is 6.06. The molecule has 0 amide bonds. The van der Waals surface area contributed by atoms with E-state index in [9.17, 15) is 4.39 Å². The van der Waals surface area contributed by atoms with Crippen LogP contribution in [0.3, 0.4) is 0 Å². The lowest BCUT2D eigenvalue weighted by Crippen LogP contribution is -2.50. The van der Waals surface area contributed by atoms with Crippen LogP contribution in [0.4, 0.5) is 10.1 Å². The van der Waals surface area contributed by atoms with Crippen LogP contribution < -0.4 is 15.0 Å². The molecule has 0 bridgehead atoms. The van der Waals surface area contributed by atoms with Gasteiger partial charge < -0.3 is 15.0 Å². The molecule has 0 radical (unpaired) electrons. The molecule has 17 heavy (non-hydrogen) atoms. The molecule has 1 aromatic rings. The van der Waals surface area contributed by atoms with Gasteiger partial charge in [0.05, 0.1) is 12.8 Å². The summed E-state index contributed by atoms with van der Waals surface area (Å²) in [5, 5.41) is 3.42. The standard InChI is InChI=1S/C13H19FN2O/c1-3-10-9-16(7-6-15-10)13-8-11(17-2)4-5-12(13)14/h4-5,8,10,15H,3,6-7,9H2,1-2H3. The highest BCUT2D eigenvalue weighted by molar-refractivity contribution is 5.52. The van der Waals surface area contributed by atoms with Crippen LogP contribution in [0.2, 0.25) is 0 Å². The van der Waals surface area contributed by atoms with Crippen molar-refractivity contribution in [2.45, 2.75) is 19.4 Å². The maximum absolute atomic E-state index is 13.8. The monoisotopic (exact) mass is 238 g/mol. The lowest BCUT2D eigenvalue weighted by molar-refractivity contribution is 0.411. The molecule has 4 heteroatoms. The number of benzene rings is 1. The molecule has 1 N–H and O–H groups in total. The van der Waals surface area contributed by atoms with Crippen molar-refractivity contribution in [1.82, 2.24) is 5.32 Å². The first-order chi connectivity index (χ1) is 8.24. The Morgan fingerprint density at radius 3 is 3.06 bits per heavy atom. The molecule has 0 saturated carbocycles. The zero-order valence-electron chi connectivity index (χ0n) is 10.4. The maximum Gasteiger partial charge on any atom is 0.146 e. The first-order valence-corrected chi connectivity index (χ1v) is 6.06. The summed E-state index contributed by atoms with van der Waals surface area (Å²) in [6, 6.07) is 5.33. The van der Waals surface area contributed by atoms with E-state index in [0.29, 0.717) is 17.5 Å². The van der Waals surface area contributed by atoms with Gasteiger partial charge in [-0.2, -0.15) is 0 Å². The molecule has 94 valence electrons. The predicted octanol–water partition coefficient (Wildman–Crippen LogP) is 2.02. The quantitative estimate of drug-likeness (QED) is 0.872. The van der Waals surface area contributed by atoms with Crippen LogP contribution in [-0.4, -0.2) is 32.8 Å². The number of piperazine rings is 1. The van der Waals surface area contributed by atoms with Crippen LogP contribution >= 0.6 is 0 Å². The number of halogens is 1. The largest absolute Gasteiger partial charge is 0.497 e. The van der Waals surface area contributed by atoms with Crippen LogP contribution in [0.5, 0.6) is 5.75 Å². The number of rotatable bonds is 3. The molecule has 1 saturated heterocycles. The molecule has 1 atom stereocenters. The van der Waals surface area contributed by atoms with Crippen LogP contribution in [0.1, 0.15) is 13.3 Å². The van der Waals surface area contributed by atoms with Crippen molar-refractivity contribution in [3.05, 3.63) is 24.0 Å². The molecule has 1 aliphatic heterocycles. The minimum absolute atomic E-state index is 0.178. The van der Waals surface area contributed by atoms with Gasteiger partial charge in [-0.15, -0.1) is 0 Å². The number of nitrogens with one attached hydrogen (secondary N) is 1. The normalized spacial score (nSPS) is 20.4. The first kappa shape index (κ1) is 12.2. The van der Waals surface area contributed by atoms with Crippen molar-refractivity contribution in [3.8, 4) is 5.75 Å². The second-order valence-electron chi connectivity index (χ2n) is 4.32. The Balaban J connectivity index is 2.20. The molecule has 3 nitrogen and oxygen atoms in total. The van der Waals surface area contributed by atoms with Gasteiger partial charge in [0.25, 0.3) is 0 Å². The van der Waals surface area contributed by atoms with Gasteiger partial charge in [0.1, 0.15) is 11.6 Å². The van der Waals surface area contributed by atoms with E-state index in [1.165, 1.54) is 6.07 Å². The summed E-state index contributed by atoms with van der Waals surface area (Å²) in [7, 11) is 1.60. The number of ether oxygens (including phenoxy) is 1. The van der Waals surface area contributed by atoms with Crippen LogP contribution in [-0.2, 0) is 0 Å². The average Bonchev–Trinajstić information content (AvgIpc) is 2.39. The van der Waals surface area contributed by atoms with Gasteiger partial charge in [-0.3, -0.25) is 0 Å². The van der Waals surface area contributed by atoms with Crippen molar-refractivity contribution in [3.63, 3.8) is 0 Å². The summed E-state index contributed by atoms with van der Waals surface area (Å²) in [5.41, 5.74) is 0.643. The molecule has 0 spiro atoms. The van der Waals surface area contributed by atoms with E-state index >= 15 is 0 Å². The number of nitrogens with zero attached hydrogens (tertiary/aromatic N) is 1. The van der Waals surface area contributed by atoms with E-state index in [0.717, 1.165) is 26.1 Å². The molecule has 0 aromatic heterocycles. The van der Waals surface area contributed by atoms with Gasteiger partial charge in [-0.1, -0.05) is 6.92 Å². The Morgan fingerprint density at radius 1 is 1.53 bits per heavy atom. The molecule has 1 heterocycles. The number of hydrogen-bond donors (Lipinski definition) is 1. The molecule has 1 aromatic carbocycles. The second-order valence-corrected chi connectivity index (χ2v) is 4.32.